The average molecular weight is 1010 g/mol. The first-order valence-electron chi connectivity index (χ1n) is 26.0. The third kappa shape index (κ3) is 9.53. The van der Waals surface area contributed by atoms with Crippen molar-refractivity contribution in [2.75, 3.05) is 9.80 Å². The van der Waals surface area contributed by atoms with Gasteiger partial charge in [-0.05, 0) is 104 Å². The molecule has 0 heterocycles. The van der Waals surface area contributed by atoms with Crippen molar-refractivity contribution in [2.45, 2.75) is 39.3 Å². The second kappa shape index (κ2) is 20.3. The Hall–Kier alpha value is -9.05. The summed E-state index contributed by atoms with van der Waals surface area (Å²) in [6.45, 7) is 32.0. The van der Waals surface area contributed by atoms with Crippen LogP contribution >= 0.6 is 0 Å². The van der Waals surface area contributed by atoms with Crippen molar-refractivity contribution in [2.24, 2.45) is 0 Å². The van der Waals surface area contributed by atoms with Crippen molar-refractivity contribution in [1.29, 1.82) is 0 Å². The Balaban J connectivity index is 1.28. The molecule has 366 valence electrons. The number of fused-ring (bicyclic) bond motifs is 2. The molecule has 0 N–H and O–H groups in total. The van der Waals surface area contributed by atoms with Crippen molar-refractivity contribution in [3.8, 4) is 44.5 Å². The zero-order chi connectivity index (χ0) is 52.6. The predicted molar refractivity (Wildman–Crippen MR) is 331 cm³/mol. The molecule has 0 aliphatic heterocycles. The predicted octanol–water partition coefficient (Wildman–Crippen LogP) is 19.8. The number of rotatable bonds is 12. The van der Waals surface area contributed by atoms with Gasteiger partial charge in [0.05, 0.1) is 40.7 Å². The highest BCUT2D eigenvalue weighted by atomic mass is 28.3. The minimum Gasteiger partial charge on any atom is -0.309 e. The van der Waals surface area contributed by atoms with Crippen LogP contribution in [0.2, 0.25) is 39.3 Å². The molecule has 0 spiro atoms. The third-order valence-electron chi connectivity index (χ3n) is 14.5. The molecule has 0 amide bonds. The Bertz CT molecular complexity index is 3540. The van der Waals surface area contributed by atoms with Gasteiger partial charge < -0.3 is 9.80 Å². The van der Waals surface area contributed by atoms with Crippen molar-refractivity contribution in [3.63, 3.8) is 0 Å². The van der Waals surface area contributed by atoms with Gasteiger partial charge in [-0.3, -0.25) is 9.69 Å². The quantitative estimate of drug-likeness (QED) is 0.0524. The number of hydrogen-bond acceptors (Lipinski definition) is 2. The molecule has 6 heteroatoms. The van der Waals surface area contributed by atoms with E-state index in [2.05, 4.69) is 289 Å². The molecule has 0 bridgehead atoms. The number of hydrogen-bond donors (Lipinski definition) is 0. The Kier molecular flexibility index (Phi) is 13.2. The highest BCUT2D eigenvalue weighted by Gasteiger charge is 2.33. The van der Waals surface area contributed by atoms with Gasteiger partial charge in [0.15, 0.2) is 11.4 Å². The van der Waals surface area contributed by atoms with E-state index in [1.54, 1.807) is 0 Å². The van der Waals surface area contributed by atoms with E-state index in [9.17, 15) is 0 Å². The standard InChI is InChI=1S/C70H58N4Si2/c1-71-65-45-61-62(46-66(65)72-2)70(74(59-41-33-55(34-42-59)51-25-17-11-18-26-51)60-43-35-56(36-44-60)52-27-19-12-20-28-52)64-48-68(76(6,7)8)67(75(3,4)5)47-63(64)69(61)73(57-37-29-53(30-38-57)49-21-13-9-14-22-49)58-39-31-54(32-40-58)50-23-15-10-16-24-50/h9-48H,3-8H3. The first-order chi connectivity index (χ1) is 36.9. The van der Waals surface area contributed by atoms with Crippen LogP contribution in [0.1, 0.15) is 0 Å². The summed E-state index contributed by atoms with van der Waals surface area (Å²) in [4.78, 5) is 13.0. The van der Waals surface area contributed by atoms with Crippen LogP contribution in [0.5, 0.6) is 0 Å². The first kappa shape index (κ1) is 49.2. The average Bonchev–Trinajstić information content (AvgIpc) is 3.51. The summed E-state index contributed by atoms with van der Waals surface area (Å²) in [5, 5.41) is 6.82. The zero-order valence-electron chi connectivity index (χ0n) is 43.9. The van der Waals surface area contributed by atoms with E-state index in [1.807, 2.05) is 12.1 Å². The molecule has 0 radical (unpaired) electrons. The summed E-state index contributed by atoms with van der Waals surface area (Å²) in [5.74, 6) is 0. The first-order valence-corrected chi connectivity index (χ1v) is 33.0. The van der Waals surface area contributed by atoms with E-state index in [0.29, 0.717) is 11.4 Å². The molecule has 0 saturated carbocycles. The van der Waals surface area contributed by atoms with Crippen LogP contribution in [-0.4, -0.2) is 16.1 Å². The Morgan fingerprint density at radius 3 is 0.697 bits per heavy atom. The van der Waals surface area contributed by atoms with E-state index in [0.717, 1.165) is 100 Å². The van der Waals surface area contributed by atoms with E-state index in [-0.39, 0.29) is 0 Å². The van der Waals surface area contributed by atoms with Gasteiger partial charge in [-0.25, -0.2) is 0 Å². The number of benzene rings is 11. The van der Waals surface area contributed by atoms with Gasteiger partial charge in [-0.1, -0.05) is 244 Å². The minimum absolute atomic E-state index is 0.322. The largest absolute Gasteiger partial charge is 0.309 e. The van der Waals surface area contributed by atoms with E-state index in [1.165, 1.54) is 10.4 Å². The van der Waals surface area contributed by atoms with Gasteiger partial charge >= 0.3 is 0 Å². The second-order valence-electron chi connectivity index (χ2n) is 21.6. The van der Waals surface area contributed by atoms with Crippen LogP contribution in [0, 0.1) is 13.1 Å². The molecule has 11 aromatic carbocycles. The molecule has 0 aliphatic carbocycles. The summed E-state index contributed by atoms with van der Waals surface area (Å²) >= 11 is 0. The molecule has 0 aromatic heterocycles. The molecule has 4 nitrogen and oxygen atoms in total. The summed E-state index contributed by atoms with van der Waals surface area (Å²) in [5.41, 5.74) is 15.6. The lowest BCUT2D eigenvalue weighted by atomic mass is 9.93. The fourth-order valence-corrected chi connectivity index (χ4v) is 15.9. The van der Waals surface area contributed by atoms with Crippen molar-refractivity contribution in [1.82, 2.24) is 0 Å². The van der Waals surface area contributed by atoms with Crippen LogP contribution < -0.4 is 20.2 Å². The highest BCUT2D eigenvalue weighted by molar-refractivity contribution is 6.98. The molecule has 11 aromatic rings. The lowest BCUT2D eigenvalue weighted by Gasteiger charge is -2.35. The van der Waals surface area contributed by atoms with E-state index in [4.69, 9.17) is 13.1 Å². The fourth-order valence-electron chi connectivity index (χ4n) is 10.7. The van der Waals surface area contributed by atoms with Crippen molar-refractivity contribution in [3.05, 3.63) is 265 Å². The molecule has 0 unspecified atom stereocenters. The molecule has 76 heavy (non-hydrogen) atoms. The Morgan fingerprint density at radius 2 is 0.487 bits per heavy atom. The van der Waals surface area contributed by atoms with Gasteiger partial charge in [0, 0.05) is 33.5 Å². The van der Waals surface area contributed by atoms with Gasteiger partial charge in [-0.15, -0.1) is 0 Å². The summed E-state index contributed by atoms with van der Waals surface area (Å²) in [6, 6.07) is 86.7. The maximum atomic E-state index is 8.61. The fraction of sp³-hybridized carbons (Fsp3) is 0.0857. The molecular formula is C70H58N4Si2. The zero-order valence-corrected chi connectivity index (χ0v) is 45.9. The van der Waals surface area contributed by atoms with Gasteiger partial charge in [0.1, 0.15) is 0 Å². The summed E-state index contributed by atoms with van der Waals surface area (Å²) in [7, 11) is -4.09. The monoisotopic (exact) mass is 1010 g/mol. The smallest absolute Gasteiger partial charge is 0.195 e. The molecule has 0 aliphatic rings. The van der Waals surface area contributed by atoms with E-state index < -0.39 is 16.1 Å². The number of nitrogens with zero attached hydrogens (tertiary/aromatic N) is 4. The highest BCUT2D eigenvalue weighted by Crippen LogP contribution is 2.53. The maximum absolute atomic E-state index is 8.61. The van der Waals surface area contributed by atoms with Crippen LogP contribution in [0.4, 0.5) is 45.5 Å². The molecule has 0 atom stereocenters. The van der Waals surface area contributed by atoms with Crippen LogP contribution in [-0.2, 0) is 0 Å². The molecule has 0 saturated heterocycles. The maximum Gasteiger partial charge on any atom is 0.195 e. The van der Waals surface area contributed by atoms with Gasteiger partial charge in [0.25, 0.3) is 0 Å². The normalized spacial score (nSPS) is 11.5. The van der Waals surface area contributed by atoms with Crippen LogP contribution in [0.25, 0.3) is 75.7 Å². The second-order valence-corrected chi connectivity index (χ2v) is 31.7. The lowest BCUT2D eigenvalue weighted by Crippen LogP contribution is -2.56. The molecule has 11 rings (SSSR count). The topological polar surface area (TPSA) is 15.2 Å². The van der Waals surface area contributed by atoms with Crippen molar-refractivity contribution < 1.29 is 0 Å². The molecular weight excluding hydrogens is 953 g/mol. The third-order valence-corrected chi connectivity index (χ3v) is 18.8. The molecule has 0 fully saturated rings. The van der Waals surface area contributed by atoms with Crippen LogP contribution in [0.15, 0.2) is 243 Å². The lowest BCUT2D eigenvalue weighted by molar-refractivity contribution is 1.29. The van der Waals surface area contributed by atoms with Crippen molar-refractivity contribution >= 4 is 93.6 Å². The van der Waals surface area contributed by atoms with E-state index >= 15 is 0 Å². The Morgan fingerprint density at radius 1 is 0.276 bits per heavy atom. The van der Waals surface area contributed by atoms with Crippen LogP contribution in [0.3, 0.4) is 0 Å². The minimum atomic E-state index is -2.05. The summed E-state index contributed by atoms with van der Waals surface area (Å²) in [6.07, 6.45) is 0. The van der Waals surface area contributed by atoms with Gasteiger partial charge in [0.2, 0.25) is 0 Å². The number of anilines is 6. The SMILES string of the molecule is [C-]#[N+]c1cc2c(N(c3ccc(-c4ccccc4)cc3)c3ccc(-c4ccccc4)cc3)c3cc([Si](C)(C)C)c([Si](C)(C)C)cc3c(N(c3ccc(-c4ccccc4)cc3)c3ccc(-c4ccccc4)cc3)c2cc1[N+]#[C-]. The Labute approximate surface area is 450 Å². The van der Waals surface area contributed by atoms with Gasteiger partial charge in [-0.2, -0.15) is 0 Å². The summed E-state index contributed by atoms with van der Waals surface area (Å²) < 4.78 is 0.